The Morgan fingerprint density at radius 1 is 1.35 bits per heavy atom. The van der Waals surface area contributed by atoms with Crippen molar-refractivity contribution >= 4 is 11.8 Å². The Hall–Kier alpha value is -2.01. The molecule has 0 bridgehead atoms. The highest BCUT2D eigenvalue weighted by Crippen LogP contribution is 2.48. The lowest BCUT2D eigenvalue weighted by molar-refractivity contribution is -0.156. The van der Waals surface area contributed by atoms with Gasteiger partial charge in [0.05, 0.1) is 12.1 Å². The number of likely N-dealkylation sites (N-methyl/N-ethyl adjacent to an activating group) is 1. The van der Waals surface area contributed by atoms with Gasteiger partial charge in [0.15, 0.2) is 6.04 Å². The van der Waals surface area contributed by atoms with Gasteiger partial charge in [0.25, 0.3) is 0 Å². The first-order valence-electron chi connectivity index (χ1n) is 6.79. The normalized spacial score (nSPS) is 34.9. The fraction of sp³-hybridized carbons (Fsp3) is 0.400. The van der Waals surface area contributed by atoms with E-state index >= 15 is 0 Å². The smallest absolute Gasteiger partial charge is 0.249 e. The van der Waals surface area contributed by atoms with E-state index in [9.17, 15) is 14.7 Å². The molecule has 0 unspecified atom stereocenters. The van der Waals surface area contributed by atoms with Crippen LogP contribution >= 0.6 is 0 Å². The van der Waals surface area contributed by atoms with Crippen LogP contribution < -0.4 is 0 Å². The van der Waals surface area contributed by atoms with E-state index in [1.807, 2.05) is 24.3 Å². The molecule has 0 aromatic carbocycles. The number of carbonyl (C=O) groups excluding carboxylic acids is 2. The molecule has 5 nitrogen and oxygen atoms in total. The summed E-state index contributed by atoms with van der Waals surface area (Å²) in [5.41, 5.74) is 1.84. The molecule has 2 fully saturated rings. The largest absolute Gasteiger partial charge is 0.376 e. The number of allylic oxidation sites excluding steroid dienone is 5. The minimum atomic E-state index is -0.886. The van der Waals surface area contributed by atoms with Gasteiger partial charge in [-0.25, -0.2) is 0 Å². The zero-order chi connectivity index (χ0) is 14.0. The van der Waals surface area contributed by atoms with Gasteiger partial charge in [-0.05, 0) is 0 Å². The molecule has 0 radical (unpaired) electrons. The first-order valence-corrected chi connectivity index (χ1v) is 6.79. The van der Waals surface area contributed by atoms with Gasteiger partial charge < -0.3 is 14.9 Å². The van der Waals surface area contributed by atoms with E-state index in [0.29, 0.717) is 6.42 Å². The topological polar surface area (TPSA) is 60.9 Å². The van der Waals surface area contributed by atoms with Crippen LogP contribution in [-0.4, -0.2) is 58.5 Å². The molecule has 0 saturated carbocycles. The van der Waals surface area contributed by atoms with Crippen LogP contribution in [0.3, 0.4) is 0 Å². The Morgan fingerprint density at radius 2 is 2.15 bits per heavy atom. The number of aliphatic hydroxyl groups is 1. The van der Waals surface area contributed by atoms with Crippen LogP contribution in [0, 0.1) is 5.92 Å². The maximum atomic E-state index is 12.3. The molecule has 1 N–H and O–H groups in total. The van der Waals surface area contributed by atoms with E-state index in [1.165, 1.54) is 4.90 Å². The summed E-state index contributed by atoms with van der Waals surface area (Å²) in [5.74, 6) is 0.893. The van der Waals surface area contributed by atoms with E-state index in [2.05, 4.69) is 0 Å². The van der Waals surface area contributed by atoms with E-state index < -0.39 is 12.1 Å². The molecule has 20 heavy (non-hydrogen) atoms. The van der Waals surface area contributed by atoms with Crippen LogP contribution in [0.15, 0.2) is 35.5 Å². The Bertz CT molecular complexity index is 604. The molecular formula is C15H15N2O3+. The van der Waals surface area contributed by atoms with Crippen molar-refractivity contribution < 1.29 is 14.7 Å². The molecule has 5 heteroatoms. The summed E-state index contributed by atoms with van der Waals surface area (Å²) in [6, 6.07) is -0.896. The number of hydrogen-bond donors (Lipinski definition) is 1. The van der Waals surface area contributed by atoms with Crippen LogP contribution in [-0.2, 0) is 9.59 Å². The molecule has 2 amide bonds. The first-order chi connectivity index (χ1) is 9.59. The first kappa shape index (κ1) is 11.8. The molecular weight excluding hydrogens is 256 g/mol. The highest BCUT2D eigenvalue weighted by Gasteiger charge is 2.60. The second kappa shape index (κ2) is 3.76. The Morgan fingerprint density at radius 3 is 2.95 bits per heavy atom. The van der Waals surface area contributed by atoms with Crippen molar-refractivity contribution in [2.45, 2.75) is 24.6 Å². The summed E-state index contributed by atoms with van der Waals surface area (Å²) in [6.45, 7) is 0.0994. The summed E-state index contributed by atoms with van der Waals surface area (Å²) < 4.78 is 0. The van der Waals surface area contributed by atoms with E-state index in [4.69, 9.17) is 0 Å². The van der Waals surface area contributed by atoms with Gasteiger partial charge in [-0.15, -0.1) is 0 Å². The van der Waals surface area contributed by atoms with Crippen molar-refractivity contribution in [1.29, 1.82) is 0 Å². The number of piperazine rings is 1. The Balaban J connectivity index is 1.83. The molecule has 4 rings (SSSR count). The van der Waals surface area contributed by atoms with E-state index in [-0.39, 0.29) is 24.4 Å². The second-order valence-electron chi connectivity index (χ2n) is 5.72. The standard InChI is InChI=1S/C15H15N2O3/c1-16-7-11(18)17-10-6-8-4-2-3-5-9(8)12(10)14(19)13(17)15(16)20/h2-5,10,13-14,19H,6-7H2,1H3/q+1/t10-,13-,14-/m0/s1. The molecule has 0 spiro atoms. The number of nitrogens with zero attached hydrogens (tertiary/aromatic N) is 2. The fourth-order valence-corrected chi connectivity index (χ4v) is 3.77. The molecule has 4 aliphatic rings. The van der Waals surface area contributed by atoms with Crippen molar-refractivity contribution in [2.24, 2.45) is 0 Å². The minimum Gasteiger partial charge on any atom is -0.376 e. The van der Waals surface area contributed by atoms with Gasteiger partial charge in [-0.2, -0.15) is 0 Å². The van der Waals surface area contributed by atoms with Crippen LogP contribution in [0.25, 0.3) is 0 Å². The molecule has 102 valence electrons. The molecule has 2 aliphatic carbocycles. The fourth-order valence-electron chi connectivity index (χ4n) is 3.77. The summed E-state index contributed by atoms with van der Waals surface area (Å²) in [4.78, 5) is 27.5. The zero-order valence-corrected chi connectivity index (χ0v) is 11.1. The molecule has 2 heterocycles. The van der Waals surface area contributed by atoms with Crippen molar-refractivity contribution in [3.63, 3.8) is 0 Å². The molecule has 2 saturated heterocycles. The number of hydrogen-bond acceptors (Lipinski definition) is 3. The third-order valence-corrected chi connectivity index (χ3v) is 4.64. The lowest BCUT2D eigenvalue weighted by Crippen LogP contribution is -2.60. The summed E-state index contributed by atoms with van der Waals surface area (Å²) in [5, 5.41) is 10.6. The minimum absolute atomic E-state index is 0.0797. The van der Waals surface area contributed by atoms with Gasteiger partial charge in [-0.3, -0.25) is 9.59 Å². The predicted molar refractivity (Wildman–Crippen MR) is 71.2 cm³/mol. The van der Waals surface area contributed by atoms with Crippen LogP contribution in [0.1, 0.15) is 6.42 Å². The highest BCUT2D eigenvalue weighted by molar-refractivity contribution is 5.97. The maximum absolute atomic E-state index is 12.3. The lowest BCUT2D eigenvalue weighted by atomic mass is 9.93. The summed E-state index contributed by atoms with van der Waals surface area (Å²) in [7, 11) is 1.61. The monoisotopic (exact) mass is 271 g/mol. The number of fused-ring (bicyclic) bond motifs is 4. The zero-order valence-electron chi connectivity index (χ0n) is 11.1. The van der Waals surface area contributed by atoms with Crippen LogP contribution in [0.2, 0.25) is 0 Å². The van der Waals surface area contributed by atoms with Gasteiger partial charge in [0.1, 0.15) is 17.7 Å². The third kappa shape index (κ3) is 1.28. The van der Waals surface area contributed by atoms with Gasteiger partial charge in [-0.1, -0.05) is 0 Å². The van der Waals surface area contributed by atoms with Crippen LogP contribution in [0.4, 0.5) is 0 Å². The van der Waals surface area contributed by atoms with E-state index in [0.717, 1.165) is 17.1 Å². The van der Waals surface area contributed by atoms with Gasteiger partial charge >= 0.3 is 0 Å². The average molecular weight is 271 g/mol. The highest BCUT2D eigenvalue weighted by atomic mass is 16.3. The number of aliphatic hydroxyl groups excluding tert-OH is 1. The van der Waals surface area contributed by atoms with Crippen molar-refractivity contribution in [3.8, 4) is 0 Å². The average Bonchev–Trinajstić information content (AvgIpc) is 2.92. The van der Waals surface area contributed by atoms with Crippen molar-refractivity contribution in [1.82, 2.24) is 9.80 Å². The molecule has 0 aromatic rings. The summed E-state index contributed by atoms with van der Waals surface area (Å²) in [6.07, 6.45) is 7.68. The number of carbonyl (C=O) groups is 2. The third-order valence-electron chi connectivity index (χ3n) is 4.64. The SMILES string of the molecule is CN1CC(=O)N2[C@H](C1=O)[C@@H](O)C1=C3C=CC=C[C+]3C[C@@H]12. The van der Waals surface area contributed by atoms with E-state index in [1.54, 1.807) is 11.9 Å². The second-order valence-corrected chi connectivity index (χ2v) is 5.72. The van der Waals surface area contributed by atoms with Crippen LogP contribution in [0.5, 0.6) is 0 Å². The quantitative estimate of drug-likeness (QED) is 0.621. The summed E-state index contributed by atoms with van der Waals surface area (Å²) >= 11 is 0. The lowest BCUT2D eigenvalue weighted by Gasteiger charge is -2.36. The molecule has 0 aromatic heterocycles. The maximum Gasteiger partial charge on any atom is 0.249 e. The number of rotatable bonds is 0. The van der Waals surface area contributed by atoms with Gasteiger partial charge in [0, 0.05) is 43.7 Å². The van der Waals surface area contributed by atoms with Crippen molar-refractivity contribution in [2.75, 3.05) is 13.6 Å². The Kier molecular flexibility index (Phi) is 2.22. The predicted octanol–water partition coefficient (Wildman–Crippen LogP) is -0.201. The van der Waals surface area contributed by atoms with Gasteiger partial charge in [0.2, 0.25) is 11.8 Å². The number of amides is 2. The van der Waals surface area contributed by atoms with Crippen molar-refractivity contribution in [3.05, 3.63) is 41.4 Å². The Labute approximate surface area is 116 Å². The molecule has 3 atom stereocenters. The molecule has 2 aliphatic heterocycles.